The van der Waals surface area contributed by atoms with Crippen molar-refractivity contribution in [1.29, 1.82) is 0 Å². The molecule has 1 atom stereocenters. The standard InChI is InChI=1S/C21H23FN4/c22-19-9-5-4-8-18(19)20(25-13-10-23-11-14-25)21-24-12-15-26(21)16-17-6-2-1-3-7-17/h1-9,12,15,20,23H,10-11,13-14,16H2. The van der Waals surface area contributed by atoms with Crippen LogP contribution in [0.3, 0.4) is 0 Å². The summed E-state index contributed by atoms with van der Waals surface area (Å²) in [5, 5.41) is 3.37. The predicted molar refractivity (Wildman–Crippen MR) is 100 cm³/mol. The highest BCUT2D eigenvalue weighted by Gasteiger charge is 2.29. The van der Waals surface area contributed by atoms with Crippen LogP contribution in [0, 0.1) is 5.82 Å². The van der Waals surface area contributed by atoms with E-state index in [1.54, 1.807) is 6.07 Å². The van der Waals surface area contributed by atoms with Crippen molar-refractivity contribution in [1.82, 2.24) is 19.8 Å². The molecule has 4 nitrogen and oxygen atoms in total. The van der Waals surface area contributed by atoms with Crippen molar-refractivity contribution in [2.45, 2.75) is 12.6 Å². The minimum absolute atomic E-state index is 0.176. The fraction of sp³-hybridized carbons (Fsp3) is 0.286. The van der Waals surface area contributed by atoms with Gasteiger partial charge in [-0.15, -0.1) is 0 Å². The van der Waals surface area contributed by atoms with Gasteiger partial charge in [-0.25, -0.2) is 9.37 Å². The van der Waals surface area contributed by atoms with E-state index in [2.05, 4.69) is 31.9 Å². The van der Waals surface area contributed by atoms with Crippen molar-refractivity contribution >= 4 is 0 Å². The lowest BCUT2D eigenvalue weighted by molar-refractivity contribution is 0.186. The van der Waals surface area contributed by atoms with Crippen molar-refractivity contribution < 1.29 is 4.39 Å². The van der Waals surface area contributed by atoms with Gasteiger partial charge >= 0.3 is 0 Å². The van der Waals surface area contributed by atoms with Crippen LogP contribution in [0.5, 0.6) is 0 Å². The normalized spacial score (nSPS) is 16.5. The first-order chi connectivity index (χ1) is 12.8. The molecule has 26 heavy (non-hydrogen) atoms. The molecule has 2 heterocycles. The Labute approximate surface area is 153 Å². The first-order valence-electron chi connectivity index (χ1n) is 9.07. The SMILES string of the molecule is Fc1ccccc1C(c1nccn1Cc1ccccc1)N1CCNCC1. The molecule has 0 bridgehead atoms. The fourth-order valence-electron chi connectivity index (χ4n) is 3.62. The Bertz CT molecular complexity index is 840. The van der Waals surface area contributed by atoms with Crippen LogP contribution in [0.4, 0.5) is 4.39 Å². The summed E-state index contributed by atoms with van der Waals surface area (Å²) in [6.45, 7) is 4.29. The second-order valence-corrected chi connectivity index (χ2v) is 6.61. The quantitative estimate of drug-likeness (QED) is 0.768. The molecule has 0 amide bonds. The third kappa shape index (κ3) is 3.54. The molecule has 4 rings (SSSR count). The summed E-state index contributed by atoms with van der Waals surface area (Å²) in [7, 11) is 0. The first kappa shape index (κ1) is 16.9. The van der Waals surface area contributed by atoms with Crippen LogP contribution >= 0.6 is 0 Å². The lowest BCUT2D eigenvalue weighted by atomic mass is 10.0. The number of rotatable bonds is 5. The molecule has 0 aliphatic carbocycles. The monoisotopic (exact) mass is 350 g/mol. The molecule has 1 unspecified atom stereocenters. The van der Waals surface area contributed by atoms with Gasteiger partial charge in [0, 0.05) is 50.7 Å². The van der Waals surface area contributed by atoms with E-state index in [1.807, 2.05) is 42.7 Å². The summed E-state index contributed by atoms with van der Waals surface area (Å²) in [5.74, 6) is 0.714. The molecule has 5 heteroatoms. The maximum atomic E-state index is 14.7. The molecule has 1 saturated heterocycles. The summed E-state index contributed by atoms with van der Waals surface area (Å²) in [6, 6.07) is 17.2. The Morgan fingerprint density at radius 1 is 1.00 bits per heavy atom. The molecular formula is C21H23FN4. The second-order valence-electron chi connectivity index (χ2n) is 6.61. The second kappa shape index (κ2) is 7.81. The summed E-state index contributed by atoms with van der Waals surface area (Å²) >= 11 is 0. The van der Waals surface area contributed by atoms with E-state index in [-0.39, 0.29) is 11.9 Å². The number of nitrogens with zero attached hydrogens (tertiary/aromatic N) is 3. The van der Waals surface area contributed by atoms with Crippen LogP contribution in [-0.2, 0) is 6.54 Å². The van der Waals surface area contributed by atoms with Gasteiger partial charge in [-0.1, -0.05) is 48.5 Å². The Morgan fingerprint density at radius 2 is 1.73 bits per heavy atom. The van der Waals surface area contributed by atoms with E-state index in [4.69, 9.17) is 0 Å². The molecule has 1 fully saturated rings. The van der Waals surface area contributed by atoms with Gasteiger partial charge in [0.15, 0.2) is 0 Å². The van der Waals surface area contributed by atoms with E-state index < -0.39 is 0 Å². The lowest BCUT2D eigenvalue weighted by Crippen LogP contribution is -2.46. The molecule has 0 spiro atoms. The molecule has 1 aliphatic rings. The van der Waals surface area contributed by atoms with Crippen molar-refractivity contribution in [2.24, 2.45) is 0 Å². The zero-order chi connectivity index (χ0) is 17.8. The van der Waals surface area contributed by atoms with Gasteiger partial charge < -0.3 is 9.88 Å². The molecule has 0 saturated carbocycles. The maximum Gasteiger partial charge on any atom is 0.131 e. The largest absolute Gasteiger partial charge is 0.329 e. The third-order valence-corrected chi connectivity index (χ3v) is 4.90. The summed E-state index contributed by atoms with van der Waals surface area (Å²) in [5.41, 5.74) is 1.90. The highest BCUT2D eigenvalue weighted by atomic mass is 19.1. The van der Waals surface area contributed by atoms with Gasteiger partial charge in [0.2, 0.25) is 0 Å². The van der Waals surface area contributed by atoms with Gasteiger partial charge in [0.1, 0.15) is 11.6 Å². The molecule has 1 N–H and O–H groups in total. The summed E-state index contributed by atoms with van der Waals surface area (Å²) in [6.07, 6.45) is 3.80. The van der Waals surface area contributed by atoms with Gasteiger partial charge in [-0.3, -0.25) is 4.90 Å². The number of piperazine rings is 1. The van der Waals surface area contributed by atoms with E-state index in [0.29, 0.717) is 5.56 Å². The lowest BCUT2D eigenvalue weighted by Gasteiger charge is -2.35. The first-order valence-corrected chi connectivity index (χ1v) is 9.07. The van der Waals surface area contributed by atoms with Crippen LogP contribution in [0.25, 0.3) is 0 Å². The molecule has 1 aliphatic heterocycles. The van der Waals surface area contributed by atoms with Crippen LogP contribution < -0.4 is 5.32 Å². The van der Waals surface area contributed by atoms with E-state index in [1.165, 1.54) is 11.6 Å². The Balaban J connectivity index is 1.73. The highest BCUT2D eigenvalue weighted by Crippen LogP contribution is 2.30. The van der Waals surface area contributed by atoms with Gasteiger partial charge in [0.05, 0.1) is 6.04 Å². The van der Waals surface area contributed by atoms with Crippen molar-refractivity contribution in [3.05, 3.63) is 89.8 Å². The molecule has 1 aromatic heterocycles. The van der Waals surface area contributed by atoms with Gasteiger partial charge in [0.25, 0.3) is 0 Å². The van der Waals surface area contributed by atoms with Crippen molar-refractivity contribution in [3.8, 4) is 0 Å². The summed E-state index contributed by atoms with van der Waals surface area (Å²) in [4.78, 5) is 6.96. The van der Waals surface area contributed by atoms with Gasteiger partial charge in [-0.2, -0.15) is 0 Å². The van der Waals surface area contributed by atoms with E-state index >= 15 is 0 Å². The smallest absolute Gasteiger partial charge is 0.131 e. The fourth-order valence-corrected chi connectivity index (χ4v) is 3.62. The van der Waals surface area contributed by atoms with Crippen LogP contribution in [-0.4, -0.2) is 40.6 Å². The van der Waals surface area contributed by atoms with E-state index in [9.17, 15) is 4.39 Å². The average molecular weight is 350 g/mol. The molecule has 3 aromatic rings. The maximum absolute atomic E-state index is 14.7. The number of nitrogens with one attached hydrogen (secondary N) is 1. The average Bonchev–Trinajstić information content (AvgIpc) is 3.13. The Morgan fingerprint density at radius 3 is 2.50 bits per heavy atom. The molecule has 0 radical (unpaired) electrons. The van der Waals surface area contributed by atoms with Crippen LogP contribution in [0.2, 0.25) is 0 Å². The van der Waals surface area contributed by atoms with E-state index in [0.717, 1.165) is 38.5 Å². The minimum atomic E-state index is -0.183. The van der Waals surface area contributed by atoms with Crippen LogP contribution in [0.15, 0.2) is 67.0 Å². The van der Waals surface area contributed by atoms with Crippen molar-refractivity contribution in [3.63, 3.8) is 0 Å². The minimum Gasteiger partial charge on any atom is -0.329 e. The number of hydrogen-bond acceptors (Lipinski definition) is 3. The number of benzene rings is 2. The predicted octanol–water partition coefficient (Wildman–Crippen LogP) is 3.07. The summed E-state index contributed by atoms with van der Waals surface area (Å²) < 4.78 is 16.8. The highest BCUT2D eigenvalue weighted by molar-refractivity contribution is 5.28. The Hall–Kier alpha value is -2.50. The topological polar surface area (TPSA) is 33.1 Å². The number of aromatic nitrogens is 2. The molecular weight excluding hydrogens is 327 g/mol. The third-order valence-electron chi connectivity index (χ3n) is 4.90. The number of halogens is 1. The molecule has 2 aromatic carbocycles. The van der Waals surface area contributed by atoms with Crippen LogP contribution in [0.1, 0.15) is 23.0 Å². The Kier molecular flexibility index (Phi) is 5.09. The molecule has 134 valence electrons. The van der Waals surface area contributed by atoms with Crippen molar-refractivity contribution in [2.75, 3.05) is 26.2 Å². The zero-order valence-electron chi connectivity index (χ0n) is 14.7. The zero-order valence-corrected chi connectivity index (χ0v) is 14.7. The number of hydrogen-bond donors (Lipinski definition) is 1. The number of imidazole rings is 1. The van der Waals surface area contributed by atoms with Gasteiger partial charge in [-0.05, 0) is 11.6 Å².